The Balaban J connectivity index is 2.13. The van der Waals surface area contributed by atoms with E-state index in [4.69, 9.17) is 5.11 Å². The summed E-state index contributed by atoms with van der Waals surface area (Å²) >= 11 is 0. The van der Waals surface area contributed by atoms with Crippen molar-refractivity contribution in [2.45, 2.75) is 12.4 Å². The Morgan fingerprint density at radius 2 is 1.94 bits per heavy atom. The van der Waals surface area contributed by atoms with Crippen LogP contribution in [-0.2, 0) is 22.4 Å². The van der Waals surface area contributed by atoms with Gasteiger partial charge in [0.2, 0.25) is 15.8 Å². The first-order valence-electron chi connectivity index (χ1n) is 5.07. The van der Waals surface area contributed by atoms with Crippen LogP contribution in [0.4, 0.5) is 5.82 Å². The van der Waals surface area contributed by atoms with Gasteiger partial charge in [0.15, 0.2) is 5.69 Å². The molecule has 0 aliphatic heterocycles. The Morgan fingerprint density at radius 1 is 1.22 bits per heavy atom. The Bertz CT molecular complexity index is 609. The second-order valence-electron chi connectivity index (χ2n) is 3.56. The monoisotopic (exact) mass is 269 g/mol. The maximum Gasteiger partial charge on any atom is 0.238 e. The van der Waals surface area contributed by atoms with E-state index in [-0.39, 0.29) is 17.3 Å². The van der Waals surface area contributed by atoms with Crippen LogP contribution in [0.25, 0.3) is 0 Å². The van der Waals surface area contributed by atoms with Gasteiger partial charge < -0.3 is 5.11 Å². The topological polar surface area (TPSA) is 105 Å². The van der Waals surface area contributed by atoms with E-state index in [0.29, 0.717) is 5.56 Å². The molecule has 1 heterocycles. The smallest absolute Gasteiger partial charge is 0.238 e. The number of hydrogen-bond donors (Lipinski definition) is 2. The molecule has 2 rings (SSSR count). The van der Waals surface area contributed by atoms with Gasteiger partial charge in [-0.05, 0) is 10.7 Å². The van der Waals surface area contributed by atoms with E-state index in [9.17, 15) is 8.42 Å². The first-order chi connectivity index (χ1) is 8.61. The van der Waals surface area contributed by atoms with E-state index in [1.807, 2.05) is 0 Å². The molecule has 0 unspecified atom stereocenters. The fourth-order valence-electron chi connectivity index (χ4n) is 1.36. The van der Waals surface area contributed by atoms with Crippen molar-refractivity contribution in [3.63, 3.8) is 0 Å². The first kappa shape index (κ1) is 12.5. The molecule has 0 spiro atoms. The average Bonchev–Trinajstić information content (AvgIpc) is 2.76. The van der Waals surface area contributed by atoms with Crippen molar-refractivity contribution in [1.29, 1.82) is 0 Å². The molecule has 0 aliphatic rings. The number of aliphatic hydroxyl groups is 1. The van der Waals surface area contributed by atoms with E-state index in [1.165, 1.54) is 0 Å². The van der Waals surface area contributed by atoms with Gasteiger partial charge in [0.1, 0.15) is 0 Å². The minimum absolute atomic E-state index is 0.0478. The number of benzene rings is 1. The lowest BCUT2D eigenvalue weighted by atomic mass is 10.2. The molecule has 96 valence electrons. The molecule has 0 aliphatic carbocycles. The molecule has 0 bridgehead atoms. The molecule has 0 saturated heterocycles. The zero-order valence-electron chi connectivity index (χ0n) is 9.28. The first-order valence-corrected chi connectivity index (χ1v) is 6.72. The number of hydrogen-bond acceptors (Lipinski definition) is 6. The lowest BCUT2D eigenvalue weighted by molar-refractivity contribution is 0.254. The van der Waals surface area contributed by atoms with Crippen LogP contribution in [0.15, 0.2) is 35.0 Å². The highest BCUT2D eigenvalue weighted by Gasteiger charge is 2.17. The molecular weight excluding hydrogens is 258 g/mol. The fraction of sp³-hybridized carbons (Fsp3) is 0.200. The summed E-state index contributed by atoms with van der Waals surface area (Å²) in [7, 11) is -3.61. The van der Waals surface area contributed by atoms with Crippen LogP contribution >= 0.6 is 0 Å². The molecule has 2 aromatic rings. The summed E-state index contributed by atoms with van der Waals surface area (Å²) in [5.41, 5.74) is 0.693. The third kappa shape index (κ3) is 3.05. The molecule has 2 N–H and O–H groups in total. The molecule has 0 atom stereocenters. The zero-order valence-corrected chi connectivity index (χ0v) is 10.1. The van der Waals surface area contributed by atoms with Crippen LogP contribution in [0.5, 0.6) is 0 Å². The van der Waals surface area contributed by atoms with Gasteiger partial charge in [0.05, 0.1) is 12.4 Å². The highest BCUT2D eigenvalue weighted by molar-refractivity contribution is 7.91. The summed E-state index contributed by atoms with van der Waals surface area (Å²) in [6, 6.07) is 8.71. The SMILES string of the molecule is O=S(=O)(Cc1ccccc1)Nc1nonc1CO. The number of anilines is 1. The van der Waals surface area contributed by atoms with Gasteiger partial charge in [-0.2, -0.15) is 0 Å². The van der Waals surface area contributed by atoms with Crippen molar-refractivity contribution in [2.24, 2.45) is 0 Å². The maximum absolute atomic E-state index is 11.8. The lowest BCUT2D eigenvalue weighted by Crippen LogP contribution is -2.16. The number of nitrogens with zero attached hydrogens (tertiary/aromatic N) is 2. The highest BCUT2D eigenvalue weighted by Crippen LogP contribution is 2.13. The van der Waals surface area contributed by atoms with Crippen LogP contribution in [0.1, 0.15) is 11.3 Å². The van der Waals surface area contributed by atoms with Crippen molar-refractivity contribution in [2.75, 3.05) is 4.72 Å². The third-order valence-corrected chi connectivity index (χ3v) is 3.38. The summed E-state index contributed by atoms with van der Waals surface area (Å²) < 4.78 is 30.2. The van der Waals surface area contributed by atoms with E-state index in [1.54, 1.807) is 30.3 Å². The number of nitrogens with one attached hydrogen (secondary N) is 1. The van der Waals surface area contributed by atoms with E-state index < -0.39 is 16.6 Å². The Morgan fingerprint density at radius 3 is 2.61 bits per heavy atom. The predicted octanol–water partition coefficient (Wildman–Crippen LogP) is 0.504. The molecule has 7 nitrogen and oxygen atoms in total. The molecule has 0 radical (unpaired) electrons. The molecule has 0 amide bonds. The minimum atomic E-state index is -3.61. The number of rotatable bonds is 5. The summed E-state index contributed by atoms with van der Waals surface area (Å²) in [6.45, 7) is -0.452. The van der Waals surface area contributed by atoms with Gasteiger partial charge in [-0.15, -0.1) is 0 Å². The van der Waals surface area contributed by atoms with Crippen LogP contribution in [0, 0.1) is 0 Å². The molecule has 8 heteroatoms. The summed E-state index contributed by atoms with van der Waals surface area (Å²) in [4.78, 5) is 0. The lowest BCUT2D eigenvalue weighted by Gasteiger charge is -2.05. The highest BCUT2D eigenvalue weighted by atomic mass is 32.2. The fourth-order valence-corrected chi connectivity index (χ4v) is 2.52. The second kappa shape index (κ2) is 5.15. The average molecular weight is 269 g/mol. The van der Waals surface area contributed by atoms with Gasteiger partial charge in [-0.1, -0.05) is 35.5 Å². The van der Waals surface area contributed by atoms with E-state index >= 15 is 0 Å². The molecule has 1 aromatic heterocycles. The molecule has 18 heavy (non-hydrogen) atoms. The summed E-state index contributed by atoms with van der Waals surface area (Å²) in [5, 5.41) is 15.6. The molecule has 0 saturated carbocycles. The Hall–Kier alpha value is -1.93. The van der Waals surface area contributed by atoms with Gasteiger partial charge in [-0.3, -0.25) is 4.72 Å². The zero-order chi connectivity index (χ0) is 13.0. The van der Waals surface area contributed by atoms with Crippen LogP contribution in [0.2, 0.25) is 0 Å². The molecule has 0 fully saturated rings. The molecule has 1 aromatic carbocycles. The molecular formula is C10H11N3O4S. The van der Waals surface area contributed by atoms with Crippen molar-refractivity contribution in [1.82, 2.24) is 10.3 Å². The van der Waals surface area contributed by atoms with Crippen LogP contribution in [-0.4, -0.2) is 23.8 Å². The van der Waals surface area contributed by atoms with Crippen molar-refractivity contribution in [3.8, 4) is 0 Å². The van der Waals surface area contributed by atoms with Crippen molar-refractivity contribution in [3.05, 3.63) is 41.6 Å². The minimum Gasteiger partial charge on any atom is -0.390 e. The van der Waals surface area contributed by atoms with Crippen LogP contribution < -0.4 is 4.72 Å². The maximum atomic E-state index is 11.8. The summed E-state index contributed by atoms with van der Waals surface area (Å²) in [6.07, 6.45) is 0. The number of aliphatic hydroxyl groups excluding tert-OH is 1. The van der Waals surface area contributed by atoms with E-state index in [2.05, 4.69) is 19.7 Å². The summed E-state index contributed by atoms with van der Waals surface area (Å²) in [5.74, 6) is -0.278. The predicted molar refractivity (Wildman–Crippen MR) is 62.9 cm³/mol. The standard InChI is InChI=1S/C10H11N3O4S/c14-6-9-10(12-17-11-9)13-18(15,16)7-8-4-2-1-3-5-8/h1-5,14H,6-7H2,(H,12,13). The number of aromatic nitrogens is 2. The van der Waals surface area contributed by atoms with Gasteiger partial charge in [0.25, 0.3) is 0 Å². The third-order valence-electron chi connectivity index (χ3n) is 2.16. The normalized spacial score (nSPS) is 11.4. The van der Waals surface area contributed by atoms with Crippen molar-refractivity contribution >= 4 is 15.8 Å². The quantitative estimate of drug-likeness (QED) is 0.819. The van der Waals surface area contributed by atoms with E-state index in [0.717, 1.165) is 0 Å². The van der Waals surface area contributed by atoms with Gasteiger partial charge in [0, 0.05) is 0 Å². The van der Waals surface area contributed by atoms with Crippen LogP contribution in [0.3, 0.4) is 0 Å². The Labute approximate surface area is 103 Å². The number of sulfonamides is 1. The largest absolute Gasteiger partial charge is 0.390 e. The Kier molecular flexibility index (Phi) is 3.58. The van der Waals surface area contributed by atoms with Gasteiger partial charge in [-0.25, -0.2) is 13.0 Å². The van der Waals surface area contributed by atoms with Crippen molar-refractivity contribution < 1.29 is 18.2 Å². The van der Waals surface area contributed by atoms with Gasteiger partial charge >= 0.3 is 0 Å². The second-order valence-corrected chi connectivity index (χ2v) is 5.29.